The van der Waals surface area contributed by atoms with Gasteiger partial charge in [-0.25, -0.2) is 0 Å². The van der Waals surface area contributed by atoms with Crippen LogP contribution in [0.4, 0.5) is 0 Å². The Kier molecular flexibility index (Phi) is 6.94. The van der Waals surface area contributed by atoms with Crippen LogP contribution in [0.5, 0.6) is 0 Å². The molecule has 1 aromatic rings. The second kappa shape index (κ2) is 8.46. The highest BCUT2D eigenvalue weighted by atomic mass is 16.3. The lowest BCUT2D eigenvalue weighted by molar-refractivity contribution is -0.123. The van der Waals surface area contributed by atoms with Crippen molar-refractivity contribution in [3.05, 3.63) is 24.2 Å². The van der Waals surface area contributed by atoms with Crippen LogP contribution in [0.2, 0.25) is 0 Å². The Morgan fingerprint density at radius 3 is 2.76 bits per heavy atom. The van der Waals surface area contributed by atoms with Crippen LogP contribution < -0.4 is 10.6 Å². The van der Waals surface area contributed by atoms with Gasteiger partial charge in [-0.1, -0.05) is 6.92 Å². The molecule has 0 aromatic carbocycles. The molecule has 1 aromatic heterocycles. The molecule has 0 aliphatic carbocycles. The number of carbonyl (C=O) groups is 2. The Morgan fingerprint density at radius 2 is 2.19 bits per heavy atom. The van der Waals surface area contributed by atoms with Crippen LogP contribution >= 0.6 is 0 Å². The summed E-state index contributed by atoms with van der Waals surface area (Å²) in [6.45, 7) is 4.35. The lowest BCUT2D eigenvalue weighted by Gasteiger charge is -2.29. The monoisotopic (exact) mass is 296 g/mol. The molecule has 1 heterocycles. The normalized spacial score (nSPS) is 13.5. The van der Waals surface area contributed by atoms with E-state index in [1.54, 1.807) is 12.1 Å². The molecule has 3 N–H and O–H groups in total. The topological polar surface area (TPSA) is 91.6 Å². The van der Waals surface area contributed by atoms with Gasteiger partial charge in [0, 0.05) is 25.1 Å². The van der Waals surface area contributed by atoms with Gasteiger partial charge in [0.05, 0.1) is 6.26 Å². The number of hydrogen-bond donors (Lipinski definition) is 3. The standard InChI is InChI=1S/C15H24N2O4/c1-3-15(2,8-10-18)17-13(19)7-4-9-16-14(20)12-6-5-11-21-12/h5-6,11,18H,3-4,7-10H2,1-2H3,(H,16,20)(H,17,19). The minimum absolute atomic E-state index is 0.0455. The van der Waals surface area contributed by atoms with Crippen LogP contribution in [0.3, 0.4) is 0 Å². The molecule has 0 radical (unpaired) electrons. The van der Waals surface area contributed by atoms with Gasteiger partial charge in [-0.2, -0.15) is 0 Å². The van der Waals surface area contributed by atoms with Crippen LogP contribution in [-0.2, 0) is 4.79 Å². The van der Waals surface area contributed by atoms with Crippen molar-refractivity contribution >= 4 is 11.8 Å². The SMILES string of the molecule is CCC(C)(CCO)NC(=O)CCCNC(=O)c1ccco1. The highest BCUT2D eigenvalue weighted by Crippen LogP contribution is 2.14. The van der Waals surface area contributed by atoms with Crippen molar-refractivity contribution in [2.75, 3.05) is 13.2 Å². The van der Waals surface area contributed by atoms with Gasteiger partial charge in [0.15, 0.2) is 5.76 Å². The molecule has 21 heavy (non-hydrogen) atoms. The number of aliphatic hydroxyl groups excluding tert-OH is 1. The maximum Gasteiger partial charge on any atom is 0.286 e. The van der Waals surface area contributed by atoms with E-state index in [0.717, 1.165) is 6.42 Å². The zero-order valence-corrected chi connectivity index (χ0v) is 12.6. The molecule has 0 saturated heterocycles. The number of nitrogens with one attached hydrogen (secondary N) is 2. The van der Waals surface area contributed by atoms with Gasteiger partial charge in [-0.15, -0.1) is 0 Å². The maximum absolute atomic E-state index is 11.8. The van der Waals surface area contributed by atoms with E-state index in [0.29, 0.717) is 25.8 Å². The summed E-state index contributed by atoms with van der Waals surface area (Å²) in [7, 11) is 0. The maximum atomic E-state index is 11.8. The number of carbonyl (C=O) groups excluding carboxylic acids is 2. The first-order valence-electron chi connectivity index (χ1n) is 7.24. The Morgan fingerprint density at radius 1 is 1.43 bits per heavy atom. The molecule has 118 valence electrons. The van der Waals surface area contributed by atoms with E-state index in [1.165, 1.54) is 6.26 Å². The molecule has 0 bridgehead atoms. The minimum atomic E-state index is -0.372. The highest BCUT2D eigenvalue weighted by molar-refractivity contribution is 5.91. The molecular weight excluding hydrogens is 272 g/mol. The van der Waals surface area contributed by atoms with Crippen molar-refractivity contribution in [1.82, 2.24) is 10.6 Å². The third kappa shape index (κ3) is 5.99. The molecule has 1 atom stereocenters. The van der Waals surface area contributed by atoms with Crippen molar-refractivity contribution in [3.63, 3.8) is 0 Å². The fourth-order valence-corrected chi connectivity index (χ4v) is 1.92. The molecule has 6 nitrogen and oxygen atoms in total. The smallest absolute Gasteiger partial charge is 0.286 e. The Bertz CT molecular complexity index is 445. The Labute approximate surface area is 124 Å². The molecule has 0 aliphatic rings. The molecule has 2 amide bonds. The summed E-state index contributed by atoms with van der Waals surface area (Å²) < 4.78 is 4.97. The van der Waals surface area contributed by atoms with E-state index >= 15 is 0 Å². The van der Waals surface area contributed by atoms with Crippen LogP contribution in [0, 0.1) is 0 Å². The second-order valence-electron chi connectivity index (χ2n) is 5.27. The van der Waals surface area contributed by atoms with Gasteiger partial charge in [-0.3, -0.25) is 9.59 Å². The molecule has 0 spiro atoms. The number of hydrogen-bond acceptors (Lipinski definition) is 4. The second-order valence-corrected chi connectivity index (χ2v) is 5.27. The van der Waals surface area contributed by atoms with Gasteiger partial charge >= 0.3 is 0 Å². The molecular formula is C15H24N2O4. The lowest BCUT2D eigenvalue weighted by Crippen LogP contribution is -2.46. The third-order valence-corrected chi connectivity index (χ3v) is 3.50. The van der Waals surface area contributed by atoms with E-state index in [2.05, 4.69) is 10.6 Å². The fraction of sp³-hybridized carbons (Fsp3) is 0.600. The van der Waals surface area contributed by atoms with Crippen LogP contribution in [-0.4, -0.2) is 35.6 Å². The fourth-order valence-electron chi connectivity index (χ4n) is 1.92. The Hall–Kier alpha value is -1.82. The van der Waals surface area contributed by atoms with E-state index in [4.69, 9.17) is 9.52 Å². The molecule has 0 fully saturated rings. The zero-order chi connectivity index (χ0) is 15.7. The zero-order valence-electron chi connectivity index (χ0n) is 12.6. The van der Waals surface area contributed by atoms with Gasteiger partial charge in [0.1, 0.15) is 0 Å². The summed E-state index contributed by atoms with van der Waals surface area (Å²) in [6, 6.07) is 3.23. The molecule has 1 unspecified atom stereocenters. The van der Waals surface area contributed by atoms with Gasteiger partial charge in [0.25, 0.3) is 5.91 Å². The first-order chi connectivity index (χ1) is 10.0. The van der Waals surface area contributed by atoms with Crippen molar-refractivity contribution in [2.45, 2.75) is 45.1 Å². The predicted octanol–water partition coefficient (Wildman–Crippen LogP) is 1.46. The number of amides is 2. The average Bonchev–Trinajstić information content (AvgIpc) is 2.97. The van der Waals surface area contributed by atoms with E-state index in [-0.39, 0.29) is 29.7 Å². The van der Waals surface area contributed by atoms with Crippen molar-refractivity contribution < 1.29 is 19.1 Å². The number of rotatable bonds is 9. The Balaban J connectivity index is 2.23. The van der Waals surface area contributed by atoms with Crippen LogP contribution in [0.15, 0.2) is 22.8 Å². The van der Waals surface area contributed by atoms with Gasteiger partial charge < -0.3 is 20.2 Å². The van der Waals surface area contributed by atoms with Crippen molar-refractivity contribution in [1.29, 1.82) is 0 Å². The summed E-state index contributed by atoms with van der Waals surface area (Å²) in [5.41, 5.74) is -0.372. The quantitative estimate of drug-likeness (QED) is 0.602. The van der Waals surface area contributed by atoms with Crippen molar-refractivity contribution in [3.8, 4) is 0 Å². The summed E-state index contributed by atoms with van der Waals surface area (Å²) in [5, 5.41) is 14.6. The van der Waals surface area contributed by atoms with E-state index < -0.39 is 0 Å². The van der Waals surface area contributed by atoms with Crippen molar-refractivity contribution in [2.24, 2.45) is 0 Å². The van der Waals surface area contributed by atoms with Gasteiger partial charge in [0.2, 0.25) is 5.91 Å². The predicted molar refractivity (Wildman–Crippen MR) is 78.8 cm³/mol. The van der Waals surface area contributed by atoms with E-state index in [1.807, 2.05) is 13.8 Å². The lowest BCUT2D eigenvalue weighted by atomic mass is 9.94. The van der Waals surface area contributed by atoms with E-state index in [9.17, 15) is 9.59 Å². The summed E-state index contributed by atoms with van der Waals surface area (Å²) in [4.78, 5) is 23.4. The molecule has 0 saturated carbocycles. The summed E-state index contributed by atoms with van der Waals surface area (Å²) in [6.07, 6.45) is 3.62. The summed E-state index contributed by atoms with van der Waals surface area (Å²) >= 11 is 0. The van der Waals surface area contributed by atoms with Gasteiger partial charge in [-0.05, 0) is 38.3 Å². The first-order valence-corrected chi connectivity index (χ1v) is 7.24. The number of furan rings is 1. The third-order valence-electron chi connectivity index (χ3n) is 3.50. The minimum Gasteiger partial charge on any atom is -0.459 e. The highest BCUT2D eigenvalue weighted by Gasteiger charge is 2.23. The summed E-state index contributed by atoms with van der Waals surface area (Å²) in [5.74, 6) is -0.0833. The molecule has 1 rings (SSSR count). The average molecular weight is 296 g/mol. The first kappa shape index (κ1) is 17.2. The molecule has 6 heteroatoms. The number of aliphatic hydroxyl groups is 1. The molecule has 0 aliphatic heterocycles. The largest absolute Gasteiger partial charge is 0.459 e. The van der Waals surface area contributed by atoms with Crippen LogP contribution in [0.25, 0.3) is 0 Å². The van der Waals surface area contributed by atoms with Crippen LogP contribution in [0.1, 0.15) is 50.1 Å².